The molecule has 35 heavy (non-hydrogen) atoms. The van der Waals surface area contributed by atoms with Gasteiger partial charge in [-0.2, -0.15) is 5.10 Å². The highest BCUT2D eigenvalue weighted by Gasteiger charge is 2.46. The number of ether oxygens (including phenoxy) is 2. The smallest absolute Gasteiger partial charge is 0.269 e. The number of pyridine rings is 1. The number of aryl methyl sites for hydroxylation is 1. The van der Waals surface area contributed by atoms with Gasteiger partial charge in [0.25, 0.3) is 10.0 Å². The molecule has 182 valence electrons. The van der Waals surface area contributed by atoms with Crippen LogP contribution >= 0.6 is 0 Å². The maximum atomic E-state index is 13.5. The highest BCUT2D eigenvalue weighted by molar-refractivity contribution is 7.90. The third-order valence-corrected chi connectivity index (χ3v) is 8.78. The summed E-state index contributed by atoms with van der Waals surface area (Å²) < 4.78 is 41.5. The van der Waals surface area contributed by atoms with Crippen LogP contribution in [0.2, 0.25) is 0 Å². The largest absolute Gasteiger partial charge is 0.385 e. The Bertz CT molecular complexity index is 1490. The summed E-state index contributed by atoms with van der Waals surface area (Å²) in [7, 11) is -2.08. The lowest BCUT2D eigenvalue weighted by molar-refractivity contribution is -0.204. The molecule has 2 fully saturated rings. The number of hydrogen-bond donors (Lipinski definition) is 1. The first kappa shape index (κ1) is 22.4. The zero-order valence-corrected chi connectivity index (χ0v) is 20.1. The molecule has 4 aromatic rings. The zero-order valence-electron chi connectivity index (χ0n) is 19.3. The van der Waals surface area contributed by atoms with Gasteiger partial charge in [-0.05, 0) is 31.0 Å². The lowest BCUT2D eigenvalue weighted by atomic mass is 9.77. The van der Waals surface area contributed by atoms with Crippen molar-refractivity contribution in [3.63, 3.8) is 0 Å². The molecule has 4 heterocycles. The molecule has 1 spiro atoms. The van der Waals surface area contributed by atoms with Crippen molar-refractivity contribution >= 4 is 21.1 Å². The van der Waals surface area contributed by atoms with Gasteiger partial charge in [-0.15, -0.1) is 0 Å². The van der Waals surface area contributed by atoms with E-state index in [-0.39, 0.29) is 4.90 Å². The predicted octanol–water partition coefficient (Wildman–Crippen LogP) is 3.18. The second-order valence-electron chi connectivity index (χ2n) is 9.29. The topological polar surface area (TPSA) is 108 Å². The standard InChI is InChI=1S/C25H26N4O5S/c1-28-16-18(14-27-28)22-17-29(35(31,32)20-5-3-2-4-6-20)23-21(22)13-19(15-26-23)24(30)7-9-25(10-8-24)33-11-12-34-25/h2-6,13-17,30H,7-12H2,1H3. The summed E-state index contributed by atoms with van der Waals surface area (Å²) in [5, 5.41) is 16.5. The number of hydrogen-bond acceptors (Lipinski definition) is 7. The van der Waals surface area contributed by atoms with Crippen LogP contribution in [-0.2, 0) is 32.1 Å². The minimum absolute atomic E-state index is 0.174. The molecule has 6 rings (SSSR count). The zero-order chi connectivity index (χ0) is 24.3. The van der Waals surface area contributed by atoms with Crippen LogP contribution in [0.5, 0.6) is 0 Å². The monoisotopic (exact) mass is 494 g/mol. The van der Waals surface area contributed by atoms with Crippen molar-refractivity contribution in [3.05, 3.63) is 66.7 Å². The molecule has 0 amide bonds. The minimum Gasteiger partial charge on any atom is -0.385 e. The van der Waals surface area contributed by atoms with Gasteiger partial charge in [0.05, 0.1) is 29.9 Å². The first-order valence-electron chi connectivity index (χ1n) is 11.6. The van der Waals surface area contributed by atoms with Crippen molar-refractivity contribution in [1.29, 1.82) is 0 Å². The normalized spacial score (nSPS) is 19.5. The molecule has 1 aliphatic heterocycles. The number of fused-ring (bicyclic) bond motifs is 1. The quantitative estimate of drug-likeness (QED) is 0.464. The van der Waals surface area contributed by atoms with Gasteiger partial charge in [-0.1, -0.05) is 18.2 Å². The summed E-state index contributed by atoms with van der Waals surface area (Å²) in [4.78, 5) is 4.74. The molecule has 0 radical (unpaired) electrons. The molecule has 0 bridgehead atoms. The summed E-state index contributed by atoms with van der Waals surface area (Å²) in [6, 6.07) is 10.1. The summed E-state index contributed by atoms with van der Waals surface area (Å²) in [6.07, 6.45) is 8.78. The molecule has 9 nitrogen and oxygen atoms in total. The van der Waals surface area contributed by atoms with Crippen molar-refractivity contribution < 1.29 is 23.0 Å². The molecule has 2 aliphatic rings. The molecule has 0 unspecified atom stereocenters. The average molecular weight is 495 g/mol. The van der Waals surface area contributed by atoms with E-state index in [1.807, 2.05) is 12.3 Å². The Morgan fingerprint density at radius 2 is 1.71 bits per heavy atom. The maximum Gasteiger partial charge on any atom is 0.269 e. The first-order chi connectivity index (χ1) is 16.8. The number of rotatable bonds is 4. The first-order valence-corrected chi connectivity index (χ1v) is 13.1. The van der Waals surface area contributed by atoms with Gasteiger partial charge in [0.1, 0.15) is 0 Å². The maximum absolute atomic E-state index is 13.5. The number of benzene rings is 1. The lowest BCUT2D eigenvalue weighted by Crippen LogP contribution is -2.42. The minimum atomic E-state index is -3.88. The Labute approximate surface area is 203 Å². The van der Waals surface area contributed by atoms with Crippen molar-refractivity contribution in [3.8, 4) is 11.1 Å². The van der Waals surface area contributed by atoms with Crippen LogP contribution in [0.1, 0.15) is 31.2 Å². The van der Waals surface area contributed by atoms with Crippen molar-refractivity contribution in [2.45, 2.75) is 42.0 Å². The van der Waals surface area contributed by atoms with Crippen LogP contribution in [0.25, 0.3) is 22.2 Å². The molecule has 3 aromatic heterocycles. The molecule has 1 saturated heterocycles. The van der Waals surface area contributed by atoms with Crippen molar-refractivity contribution in [1.82, 2.24) is 18.7 Å². The molecular weight excluding hydrogens is 468 g/mol. The molecule has 1 aliphatic carbocycles. The van der Waals surface area contributed by atoms with Gasteiger partial charge in [0.15, 0.2) is 11.4 Å². The van der Waals surface area contributed by atoms with E-state index in [0.29, 0.717) is 61.1 Å². The van der Waals surface area contributed by atoms with E-state index in [0.717, 1.165) is 5.56 Å². The van der Waals surface area contributed by atoms with E-state index in [2.05, 4.69) is 10.1 Å². The Morgan fingerprint density at radius 3 is 2.37 bits per heavy atom. The third-order valence-electron chi connectivity index (χ3n) is 7.12. The van der Waals surface area contributed by atoms with Gasteiger partial charge in [0, 0.05) is 60.6 Å². The van der Waals surface area contributed by atoms with Gasteiger partial charge in [-0.25, -0.2) is 17.4 Å². The van der Waals surface area contributed by atoms with Crippen LogP contribution < -0.4 is 0 Å². The Morgan fingerprint density at radius 1 is 1.00 bits per heavy atom. The average Bonchev–Trinajstić information content (AvgIpc) is 3.60. The van der Waals surface area contributed by atoms with Crippen LogP contribution in [0.3, 0.4) is 0 Å². The highest BCUT2D eigenvalue weighted by Crippen LogP contribution is 2.45. The van der Waals surface area contributed by atoms with Gasteiger partial charge >= 0.3 is 0 Å². The van der Waals surface area contributed by atoms with E-state index < -0.39 is 21.4 Å². The molecule has 1 aromatic carbocycles. The van der Waals surface area contributed by atoms with Crippen molar-refractivity contribution in [2.24, 2.45) is 7.05 Å². The molecule has 10 heteroatoms. The molecule has 1 saturated carbocycles. The number of aliphatic hydroxyl groups is 1. The fourth-order valence-corrected chi connectivity index (χ4v) is 6.48. The van der Waals surface area contributed by atoms with Crippen LogP contribution in [0, 0.1) is 0 Å². The van der Waals surface area contributed by atoms with Crippen LogP contribution in [0.15, 0.2) is 66.1 Å². The fourth-order valence-electron chi connectivity index (χ4n) is 5.13. The SMILES string of the molecule is Cn1cc(-c2cn(S(=O)(=O)c3ccccc3)c3ncc(C4(O)CCC5(CC4)OCCO5)cc23)cn1. The molecule has 0 atom stereocenters. The summed E-state index contributed by atoms with van der Waals surface area (Å²) in [5.74, 6) is -0.599. The van der Waals surface area contributed by atoms with Gasteiger partial charge in [-0.3, -0.25) is 4.68 Å². The Hall–Kier alpha value is -3.05. The third kappa shape index (κ3) is 3.68. The van der Waals surface area contributed by atoms with Crippen LogP contribution in [0.4, 0.5) is 0 Å². The predicted molar refractivity (Wildman–Crippen MR) is 128 cm³/mol. The Balaban J connectivity index is 1.47. The van der Waals surface area contributed by atoms with E-state index in [1.165, 1.54) is 3.97 Å². The van der Waals surface area contributed by atoms with Crippen molar-refractivity contribution in [2.75, 3.05) is 13.2 Å². The van der Waals surface area contributed by atoms with E-state index in [1.54, 1.807) is 60.7 Å². The number of aromatic nitrogens is 4. The summed E-state index contributed by atoms with van der Waals surface area (Å²) in [6.45, 7) is 1.15. The summed E-state index contributed by atoms with van der Waals surface area (Å²) >= 11 is 0. The van der Waals surface area contributed by atoms with Gasteiger partial charge in [0.2, 0.25) is 0 Å². The molecule has 1 N–H and O–H groups in total. The van der Waals surface area contributed by atoms with E-state index in [4.69, 9.17) is 9.47 Å². The highest BCUT2D eigenvalue weighted by atomic mass is 32.2. The molecular formula is C25H26N4O5S. The second kappa shape index (κ2) is 7.99. The van der Waals surface area contributed by atoms with Gasteiger partial charge < -0.3 is 14.6 Å². The second-order valence-corrected chi connectivity index (χ2v) is 11.1. The lowest BCUT2D eigenvalue weighted by Gasteiger charge is -2.40. The fraction of sp³-hybridized carbons (Fsp3) is 0.360. The Kier molecular flexibility index (Phi) is 5.12. The van der Waals surface area contributed by atoms with Crippen LogP contribution in [-0.4, -0.2) is 51.3 Å². The number of nitrogens with zero attached hydrogens (tertiary/aromatic N) is 4. The van der Waals surface area contributed by atoms with E-state index >= 15 is 0 Å². The van der Waals surface area contributed by atoms with E-state index in [9.17, 15) is 13.5 Å². The summed E-state index contributed by atoms with van der Waals surface area (Å²) in [5.41, 5.74) is 1.29.